The Morgan fingerprint density at radius 3 is 2.43 bits per heavy atom. The standard InChI is InChI=1S/C20H24N2O6/c1-12(22-18(24)15-8-3-4-9-16(15)19(22)25)20(26)28-11-17(23)21-13-6-5-7-14(10-13)27-2/h5-7,10,12,15-16H,3-4,8-9,11H2,1-2H3,(H,21,23)/t12-,15-,16-/m0/s1. The van der Waals surface area contributed by atoms with E-state index in [9.17, 15) is 19.2 Å². The summed E-state index contributed by atoms with van der Waals surface area (Å²) in [6, 6.07) is 5.71. The van der Waals surface area contributed by atoms with Crippen LogP contribution in [-0.4, -0.2) is 48.3 Å². The van der Waals surface area contributed by atoms with E-state index >= 15 is 0 Å². The van der Waals surface area contributed by atoms with E-state index in [1.807, 2.05) is 0 Å². The first-order valence-corrected chi connectivity index (χ1v) is 9.40. The normalized spacial score (nSPS) is 22.4. The predicted octanol–water partition coefficient (Wildman–Crippen LogP) is 1.74. The quantitative estimate of drug-likeness (QED) is 0.588. The number of carbonyl (C=O) groups is 4. The van der Waals surface area contributed by atoms with Crippen LogP contribution in [0.3, 0.4) is 0 Å². The van der Waals surface area contributed by atoms with Crippen molar-refractivity contribution in [1.29, 1.82) is 0 Å². The summed E-state index contributed by atoms with van der Waals surface area (Å²) in [6.45, 7) is 0.943. The van der Waals surface area contributed by atoms with Crippen molar-refractivity contribution in [2.75, 3.05) is 19.0 Å². The van der Waals surface area contributed by atoms with Crippen molar-refractivity contribution in [3.8, 4) is 5.75 Å². The smallest absolute Gasteiger partial charge is 0.329 e. The number of carbonyl (C=O) groups excluding carboxylic acids is 4. The van der Waals surface area contributed by atoms with Crippen molar-refractivity contribution in [2.24, 2.45) is 11.8 Å². The van der Waals surface area contributed by atoms with Gasteiger partial charge in [-0.2, -0.15) is 0 Å². The predicted molar refractivity (Wildman–Crippen MR) is 99.3 cm³/mol. The summed E-state index contributed by atoms with van der Waals surface area (Å²) in [7, 11) is 1.52. The second kappa shape index (κ2) is 8.41. The Balaban J connectivity index is 1.54. The van der Waals surface area contributed by atoms with Crippen LogP contribution in [0.5, 0.6) is 5.75 Å². The van der Waals surface area contributed by atoms with Gasteiger partial charge in [0.2, 0.25) is 11.8 Å². The molecule has 0 unspecified atom stereocenters. The maximum atomic E-state index is 12.5. The summed E-state index contributed by atoms with van der Waals surface area (Å²) < 4.78 is 10.1. The molecule has 2 aliphatic rings. The molecule has 1 aromatic rings. The zero-order valence-corrected chi connectivity index (χ0v) is 16.0. The minimum absolute atomic E-state index is 0.306. The Hall–Kier alpha value is -2.90. The van der Waals surface area contributed by atoms with E-state index < -0.39 is 24.5 Å². The van der Waals surface area contributed by atoms with Gasteiger partial charge in [-0.05, 0) is 31.9 Å². The Morgan fingerprint density at radius 1 is 1.18 bits per heavy atom. The molecule has 0 aromatic heterocycles. The van der Waals surface area contributed by atoms with E-state index in [0.29, 0.717) is 24.3 Å². The summed E-state index contributed by atoms with van der Waals surface area (Å²) in [4.78, 5) is 50.4. The first-order valence-electron chi connectivity index (χ1n) is 9.40. The number of esters is 1. The molecular weight excluding hydrogens is 364 g/mol. The Morgan fingerprint density at radius 2 is 1.82 bits per heavy atom. The first kappa shape index (κ1) is 19.9. The molecule has 3 atom stereocenters. The number of ether oxygens (including phenoxy) is 2. The van der Waals surface area contributed by atoms with Gasteiger partial charge in [-0.15, -0.1) is 0 Å². The molecule has 1 saturated carbocycles. The molecular formula is C20H24N2O6. The highest BCUT2D eigenvalue weighted by atomic mass is 16.5. The van der Waals surface area contributed by atoms with Crippen LogP contribution in [0.2, 0.25) is 0 Å². The zero-order chi connectivity index (χ0) is 20.3. The lowest BCUT2D eigenvalue weighted by Crippen LogP contribution is -2.45. The van der Waals surface area contributed by atoms with Crippen LogP contribution in [0.25, 0.3) is 0 Å². The van der Waals surface area contributed by atoms with Crippen molar-refractivity contribution in [3.63, 3.8) is 0 Å². The van der Waals surface area contributed by atoms with Crippen molar-refractivity contribution in [3.05, 3.63) is 24.3 Å². The third kappa shape index (κ3) is 4.00. The second-order valence-corrected chi connectivity index (χ2v) is 7.11. The lowest BCUT2D eigenvalue weighted by Gasteiger charge is -2.21. The summed E-state index contributed by atoms with van der Waals surface area (Å²) in [5, 5.41) is 2.60. The average Bonchev–Trinajstić information content (AvgIpc) is 2.96. The van der Waals surface area contributed by atoms with Crippen LogP contribution < -0.4 is 10.1 Å². The van der Waals surface area contributed by atoms with Crippen molar-refractivity contribution < 1.29 is 28.7 Å². The topological polar surface area (TPSA) is 102 Å². The van der Waals surface area contributed by atoms with Gasteiger partial charge < -0.3 is 14.8 Å². The number of rotatable bonds is 6. The summed E-state index contributed by atoms with van der Waals surface area (Å²) in [6.07, 6.45) is 3.18. The molecule has 1 heterocycles. The van der Waals surface area contributed by atoms with E-state index in [-0.39, 0.29) is 23.7 Å². The zero-order valence-electron chi connectivity index (χ0n) is 16.0. The van der Waals surface area contributed by atoms with Gasteiger partial charge in [0.25, 0.3) is 5.91 Å². The molecule has 150 valence electrons. The molecule has 3 rings (SSSR count). The van der Waals surface area contributed by atoms with Gasteiger partial charge in [0.1, 0.15) is 11.8 Å². The molecule has 0 bridgehead atoms. The molecule has 1 saturated heterocycles. The lowest BCUT2D eigenvalue weighted by atomic mass is 9.81. The number of hydrogen-bond donors (Lipinski definition) is 1. The van der Waals surface area contributed by atoms with Crippen molar-refractivity contribution in [2.45, 2.75) is 38.6 Å². The minimum Gasteiger partial charge on any atom is -0.497 e. The van der Waals surface area contributed by atoms with Crippen LogP contribution >= 0.6 is 0 Å². The summed E-state index contributed by atoms with van der Waals surface area (Å²) in [5.41, 5.74) is 0.502. The number of anilines is 1. The largest absolute Gasteiger partial charge is 0.497 e. The van der Waals surface area contributed by atoms with Crippen molar-refractivity contribution >= 4 is 29.4 Å². The average molecular weight is 388 g/mol. The molecule has 1 N–H and O–H groups in total. The molecule has 1 aliphatic carbocycles. The molecule has 3 amide bonds. The monoisotopic (exact) mass is 388 g/mol. The fourth-order valence-electron chi connectivity index (χ4n) is 3.83. The highest BCUT2D eigenvalue weighted by Gasteiger charge is 2.51. The highest BCUT2D eigenvalue weighted by Crippen LogP contribution is 2.38. The van der Waals surface area contributed by atoms with Crippen LogP contribution in [0.1, 0.15) is 32.6 Å². The number of benzene rings is 1. The molecule has 1 aromatic carbocycles. The number of nitrogens with one attached hydrogen (secondary N) is 1. The summed E-state index contributed by atoms with van der Waals surface area (Å²) in [5.74, 6) is -1.99. The number of nitrogens with zero attached hydrogens (tertiary/aromatic N) is 1. The van der Waals surface area contributed by atoms with Crippen LogP contribution in [0.15, 0.2) is 24.3 Å². The fraction of sp³-hybridized carbons (Fsp3) is 0.500. The minimum atomic E-state index is -1.05. The van der Waals surface area contributed by atoms with Gasteiger partial charge >= 0.3 is 5.97 Å². The SMILES string of the molecule is COc1cccc(NC(=O)COC(=O)[C@H](C)N2C(=O)[C@H]3CCCC[C@@H]3C2=O)c1. The van der Waals surface area contributed by atoms with Gasteiger partial charge in [0.05, 0.1) is 18.9 Å². The highest BCUT2D eigenvalue weighted by molar-refractivity contribution is 6.08. The number of amides is 3. The van der Waals surface area contributed by atoms with Gasteiger partial charge in [-0.3, -0.25) is 19.3 Å². The maximum Gasteiger partial charge on any atom is 0.329 e. The molecule has 8 heteroatoms. The molecule has 0 spiro atoms. The van der Waals surface area contributed by atoms with Gasteiger partial charge in [-0.1, -0.05) is 18.9 Å². The number of methoxy groups -OCH3 is 1. The molecule has 8 nitrogen and oxygen atoms in total. The van der Waals surface area contributed by atoms with Gasteiger partial charge in [0, 0.05) is 11.8 Å². The molecule has 2 fully saturated rings. The van der Waals surface area contributed by atoms with E-state index in [0.717, 1.165) is 17.7 Å². The molecule has 1 aliphatic heterocycles. The van der Waals surface area contributed by atoms with Crippen LogP contribution in [0.4, 0.5) is 5.69 Å². The van der Waals surface area contributed by atoms with E-state index in [2.05, 4.69) is 5.32 Å². The lowest BCUT2D eigenvalue weighted by molar-refractivity contribution is -0.159. The molecule has 28 heavy (non-hydrogen) atoms. The third-order valence-electron chi connectivity index (χ3n) is 5.30. The molecule has 0 radical (unpaired) electrons. The van der Waals surface area contributed by atoms with Crippen molar-refractivity contribution in [1.82, 2.24) is 4.90 Å². The van der Waals surface area contributed by atoms with Crippen LogP contribution in [0, 0.1) is 11.8 Å². The Kier molecular flexibility index (Phi) is 5.96. The maximum absolute atomic E-state index is 12.5. The second-order valence-electron chi connectivity index (χ2n) is 7.11. The number of fused-ring (bicyclic) bond motifs is 1. The van der Waals surface area contributed by atoms with E-state index in [1.54, 1.807) is 24.3 Å². The van der Waals surface area contributed by atoms with Crippen LogP contribution in [-0.2, 0) is 23.9 Å². The number of likely N-dealkylation sites (tertiary alicyclic amines) is 1. The Bertz CT molecular complexity index is 769. The number of hydrogen-bond acceptors (Lipinski definition) is 6. The Labute approximate surface area is 163 Å². The van der Waals surface area contributed by atoms with E-state index in [1.165, 1.54) is 14.0 Å². The first-order chi connectivity index (χ1) is 13.4. The number of imide groups is 1. The van der Waals surface area contributed by atoms with E-state index in [4.69, 9.17) is 9.47 Å². The fourth-order valence-corrected chi connectivity index (χ4v) is 3.83. The summed E-state index contributed by atoms with van der Waals surface area (Å²) >= 11 is 0. The van der Waals surface area contributed by atoms with Gasteiger partial charge in [-0.25, -0.2) is 4.79 Å². The van der Waals surface area contributed by atoms with Gasteiger partial charge in [0.15, 0.2) is 6.61 Å². The third-order valence-corrected chi connectivity index (χ3v) is 5.30.